The lowest BCUT2D eigenvalue weighted by molar-refractivity contribution is 0.0944. The highest BCUT2D eigenvalue weighted by atomic mass is 16.1. The van der Waals surface area contributed by atoms with E-state index in [1.807, 2.05) is 44.2 Å². The summed E-state index contributed by atoms with van der Waals surface area (Å²) in [6.07, 6.45) is 1.57. The van der Waals surface area contributed by atoms with E-state index in [0.717, 1.165) is 5.69 Å². The summed E-state index contributed by atoms with van der Waals surface area (Å²) in [7, 11) is 0. The van der Waals surface area contributed by atoms with Crippen LogP contribution in [-0.4, -0.2) is 22.4 Å². The third kappa shape index (κ3) is 4.05. The minimum atomic E-state index is -0.183. The Morgan fingerprint density at radius 2 is 1.95 bits per heavy atom. The highest BCUT2D eigenvalue weighted by Gasteiger charge is 2.09. The molecular formula is C15H18N4O. The first-order valence-corrected chi connectivity index (χ1v) is 6.58. The molecule has 0 saturated carbocycles. The van der Waals surface area contributed by atoms with Crippen LogP contribution in [0.3, 0.4) is 0 Å². The van der Waals surface area contributed by atoms with Gasteiger partial charge in [-0.3, -0.25) is 4.79 Å². The van der Waals surface area contributed by atoms with Gasteiger partial charge in [0, 0.05) is 18.4 Å². The van der Waals surface area contributed by atoms with Crippen LogP contribution in [0.1, 0.15) is 24.3 Å². The Bertz CT molecular complexity index is 569. The van der Waals surface area contributed by atoms with Gasteiger partial charge in [0.05, 0.1) is 0 Å². The van der Waals surface area contributed by atoms with Crippen molar-refractivity contribution in [2.24, 2.45) is 5.92 Å². The Morgan fingerprint density at radius 1 is 1.20 bits per heavy atom. The van der Waals surface area contributed by atoms with Gasteiger partial charge >= 0.3 is 0 Å². The van der Waals surface area contributed by atoms with Crippen molar-refractivity contribution in [1.82, 2.24) is 15.3 Å². The molecule has 0 atom stereocenters. The van der Waals surface area contributed by atoms with Gasteiger partial charge < -0.3 is 10.6 Å². The monoisotopic (exact) mass is 270 g/mol. The van der Waals surface area contributed by atoms with Crippen molar-refractivity contribution in [1.29, 1.82) is 0 Å². The van der Waals surface area contributed by atoms with Crippen LogP contribution in [-0.2, 0) is 0 Å². The van der Waals surface area contributed by atoms with Crippen LogP contribution in [0.15, 0.2) is 42.6 Å². The lowest BCUT2D eigenvalue weighted by atomic mass is 10.2. The van der Waals surface area contributed by atoms with Gasteiger partial charge in [0.2, 0.25) is 5.95 Å². The number of hydrogen-bond acceptors (Lipinski definition) is 4. The molecule has 0 aliphatic rings. The molecule has 0 fully saturated rings. The van der Waals surface area contributed by atoms with Gasteiger partial charge in [-0.2, -0.15) is 0 Å². The Balaban J connectivity index is 2.06. The molecule has 0 aliphatic carbocycles. The number of nitrogens with zero attached hydrogens (tertiary/aromatic N) is 2. The van der Waals surface area contributed by atoms with Gasteiger partial charge in [-0.15, -0.1) is 0 Å². The van der Waals surface area contributed by atoms with Crippen molar-refractivity contribution in [3.63, 3.8) is 0 Å². The fraction of sp³-hybridized carbons (Fsp3) is 0.267. The Morgan fingerprint density at radius 3 is 2.65 bits per heavy atom. The predicted octanol–water partition coefficient (Wildman–Crippen LogP) is 2.61. The smallest absolute Gasteiger partial charge is 0.270 e. The molecule has 104 valence electrons. The molecule has 2 N–H and O–H groups in total. The summed E-state index contributed by atoms with van der Waals surface area (Å²) in [4.78, 5) is 20.2. The predicted molar refractivity (Wildman–Crippen MR) is 78.9 cm³/mol. The lowest BCUT2D eigenvalue weighted by Crippen LogP contribution is -2.28. The molecule has 0 radical (unpaired) electrons. The maximum atomic E-state index is 11.9. The molecule has 2 aromatic rings. The molecule has 1 aromatic carbocycles. The number of benzene rings is 1. The zero-order valence-electron chi connectivity index (χ0n) is 11.6. The van der Waals surface area contributed by atoms with Crippen LogP contribution in [0, 0.1) is 5.92 Å². The van der Waals surface area contributed by atoms with Crippen molar-refractivity contribution < 1.29 is 4.79 Å². The summed E-state index contributed by atoms with van der Waals surface area (Å²) in [6.45, 7) is 4.72. The van der Waals surface area contributed by atoms with E-state index in [1.165, 1.54) is 0 Å². The van der Waals surface area contributed by atoms with Crippen LogP contribution < -0.4 is 10.6 Å². The van der Waals surface area contributed by atoms with E-state index in [0.29, 0.717) is 24.1 Å². The molecule has 5 nitrogen and oxygen atoms in total. The summed E-state index contributed by atoms with van der Waals surface area (Å²) < 4.78 is 0. The maximum Gasteiger partial charge on any atom is 0.270 e. The molecule has 0 aliphatic heterocycles. The second-order valence-electron chi connectivity index (χ2n) is 4.86. The van der Waals surface area contributed by atoms with Crippen molar-refractivity contribution in [3.8, 4) is 0 Å². The van der Waals surface area contributed by atoms with Gasteiger partial charge in [0.1, 0.15) is 5.69 Å². The number of para-hydroxylation sites is 1. The standard InChI is InChI=1S/C15H18N4O/c1-11(2)10-17-14(20)13-8-9-16-15(19-13)18-12-6-4-3-5-7-12/h3-9,11H,10H2,1-2H3,(H,17,20)(H,16,18,19). The minimum absolute atomic E-state index is 0.183. The molecule has 2 rings (SSSR count). The SMILES string of the molecule is CC(C)CNC(=O)c1ccnc(Nc2ccccc2)n1. The largest absolute Gasteiger partial charge is 0.350 e. The second kappa shape index (κ2) is 6.65. The van der Waals surface area contributed by atoms with Crippen molar-refractivity contribution in [2.75, 3.05) is 11.9 Å². The van der Waals surface area contributed by atoms with Crippen molar-refractivity contribution in [2.45, 2.75) is 13.8 Å². The Hall–Kier alpha value is -2.43. The number of carbonyl (C=O) groups is 1. The molecule has 5 heteroatoms. The van der Waals surface area contributed by atoms with E-state index in [1.54, 1.807) is 12.3 Å². The molecule has 0 saturated heterocycles. The first-order valence-electron chi connectivity index (χ1n) is 6.58. The number of hydrogen-bond donors (Lipinski definition) is 2. The average molecular weight is 270 g/mol. The molecule has 0 spiro atoms. The topological polar surface area (TPSA) is 66.9 Å². The third-order valence-electron chi connectivity index (χ3n) is 2.59. The van der Waals surface area contributed by atoms with Crippen LogP contribution in [0.2, 0.25) is 0 Å². The van der Waals surface area contributed by atoms with Crippen LogP contribution in [0.5, 0.6) is 0 Å². The number of aromatic nitrogens is 2. The maximum absolute atomic E-state index is 11.9. The van der Waals surface area contributed by atoms with Crippen molar-refractivity contribution >= 4 is 17.5 Å². The van der Waals surface area contributed by atoms with Crippen LogP contribution in [0.25, 0.3) is 0 Å². The first-order chi connectivity index (χ1) is 9.65. The van der Waals surface area contributed by atoms with Gasteiger partial charge in [-0.05, 0) is 24.1 Å². The van der Waals surface area contributed by atoms with E-state index in [-0.39, 0.29) is 5.91 Å². The van der Waals surface area contributed by atoms with E-state index >= 15 is 0 Å². The Kier molecular flexibility index (Phi) is 4.65. The van der Waals surface area contributed by atoms with Crippen molar-refractivity contribution in [3.05, 3.63) is 48.3 Å². The van der Waals surface area contributed by atoms with Gasteiger partial charge in [0.25, 0.3) is 5.91 Å². The molecule has 0 unspecified atom stereocenters. The summed E-state index contributed by atoms with van der Waals surface area (Å²) in [5, 5.41) is 5.89. The summed E-state index contributed by atoms with van der Waals surface area (Å²) >= 11 is 0. The number of carbonyl (C=O) groups excluding carboxylic acids is 1. The molecule has 1 heterocycles. The lowest BCUT2D eigenvalue weighted by Gasteiger charge is -2.08. The first kappa shape index (κ1) is 14.0. The third-order valence-corrected chi connectivity index (χ3v) is 2.59. The fourth-order valence-electron chi connectivity index (χ4n) is 1.58. The van der Waals surface area contributed by atoms with E-state index in [4.69, 9.17) is 0 Å². The summed E-state index contributed by atoms with van der Waals surface area (Å²) in [6, 6.07) is 11.2. The zero-order chi connectivity index (χ0) is 14.4. The van der Waals surface area contributed by atoms with Crippen LogP contribution in [0.4, 0.5) is 11.6 Å². The molecule has 1 aromatic heterocycles. The average Bonchev–Trinajstić information content (AvgIpc) is 2.46. The molecule has 0 bridgehead atoms. The fourth-order valence-corrected chi connectivity index (χ4v) is 1.58. The van der Waals surface area contributed by atoms with Gasteiger partial charge in [-0.25, -0.2) is 9.97 Å². The minimum Gasteiger partial charge on any atom is -0.350 e. The number of rotatable bonds is 5. The van der Waals surface area contributed by atoms with Crippen LogP contribution >= 0.6 is 0 Å². The molecule has 1 amide bonds. The highest BCUT2D eigenvalue weighted by Crippen LogP contribution is 2.11. The van der Waals surface area contributed by atoms with Gasteiger partial charge in [0.15, 0.2) is 0 Å². The van der Waals surface area contributed by atoms with E-state index in [9.17, 15) is 4.79 Å². The highest BCUT2D eigenvalue weighted by molar-refractivity contribution is 5.92. The summed E-state index contributed by atoms with van der Waals surface area (Å²) in [5.74, 6) is 0.633. The summed E-state index contributed by atoms with van der Waals surface area (Å²) in [5.41, 5.74) is 1.24. The zero-order valence-corrected chi connectivity index (χ0v) is 11.6. The number of nitrogens with one attached hydrogen (secondary N) is 2. The number of amides is 1. The quantitative estimate of drug-likeness (QED) is 0.876. The van der Waals surface area contributed by atoms with E-state index in [2.05, 4.69) is 20.6 Å². The van der Waals surface area contributed by atoms with Gasteiger partial charge in [-0.1, -0.05) is 32.0 Å². The Labute approximate surface area is 118 Å². The molecule has 20 heavy (non-hydrogen) atoms. The number of anilines is 2. The second-order valence-corrected chi connectivity index (χ2v) is 4.86. The normalized spacial score (nSPS) is 10.3. The molecular weight excluding hydrogens is 252 g/mol. The van der Waals surface area contributed by atoms with E-state index < -0.39 is 0 Å².